The third-order valence-corrected chi connectivity index (χ3v) is 4.63. The van der Waals surface area contributed by atoms with Crippen LogP contribution >= 0.6 is 0 Å². The van der Waals surface area contributed by atoms with E-state index >= 15 is 0 Å². The standard InChI is InChI=1S/C20H23N5O2/c1-16-22-20(23-27-16)15-25-11-9-24(10-12-25)14-17-5-2-3-7-19(17)26-18-6-4-8-21-13-18/h2-8,13H,9-12,14-15H2,1H3. The quantitative estimate of drug-likeness (QED) is 0.665. The normalized spacial score (nSPS) is 15.7. The Balaban J connectivity index is 1.34. The van der Waals surface area contributed by atoms with Crippen molar-refractivity contribution < 1.29 is 9.26 Å². The second kappa shape index (κ2) is 8.28. The summed E-state index contributed by atoms with van der Waals surface area (Å²) in [6.45, 7) is 7.39. The van der Waals surface area contributed by atoms with Gasteiger partial charge in [0.05, 0.1) is 12.7 Å². The van der Waals surface area contributed by atoms with Gasteiger partial charge in [0.25, 0.3) is 0 Å². The van der Waals surface area contributed by atoms with Crippen molar-refractivity contribution in [2.75, 3.05) is 26.2 Å². The van der Waals surface area contributed by atoms with E-state index in [1.54, 1.807) is 12.4 Å². The molecular weight excluding hydrogens is 342 g/mol. The van der Waals surface area contributed by atoms with Crippen molar-refractivity contribution in [1.29, 1.82) is 0 Å². The van der Waals surface area contributed by atoms with Crippen LogP contribution < -0.4 is 4.74 Å². The molecule has 1 fully saturated rings. The van der Waals surface area contributed by atoms with Crippen molar-refractivity contribution in [3.05, 3.63) is 66.1 Å². The van der Waals surface area contributed by atoms with Crippen LogP contribution in [0.2, 0.25) is 0 Å². The highest BCUT2D eigenvalue weighted by Gasteiger charge is 2.19. The average Bonchev–Trinajstić information content (AvgIpc) is 3.10. The summed E-state index contributed by atoms with van der Waals surface area (Å²) in [5.74, 6) is 3.02. The van der Waals surface area contributed by atoms with Gasteiger partial charge in [-0.25, -0.2) is 0 Å². The molecule has 3 aromatic rings. The number of piperazine rings is 1. The monoisotopic (exact) mass is 365 g/mol. The van der Waals surface area contributed by atoms with E-state index in [4.69, 9.17) is 9.26 Å². The van der Waals surface area contributed by atoms with E-state index in [1.165, 1.54) is 5.56 Å². The summed E-state index contributed by atoms with van der Waals surface area (Å²) in [6, 6.07) is 12.0. The zero-order chi connectivity index (χ0) is 18.5. The van der Waals surface area contributed by atoms with Crippen molar-refractivity contribution in [2.45, 2.75) is 20.0 Å². The zero-order valence-corrected chi connectivity index (χ0v) is 15.4. The minimum Gasteiger partial charge on any atom is -0.455 e. The summed E-state index contributed by atoms with van der Waals surface area (Å²) < 4.78 is 11.1. The Bertz CT molecular complexity index is 860. The van der Waals surface area contributed by atoms with Crippen LogP contribution in [-0.4, -0.2) is 51.1 Å². The van der Waals surface area contributed by atoms with Crippen molar-refractivity contribution in [2.24, 2.45) is 0 Å². The molecule has 7 nitrogen and oxygen atoms in total. The van der Waals surface area contributed by atoms with Gasteiger partial charge < -0.3 is 9.26 Å². The maximum atomic E-state index is 6.03. The van der Waals surface area contributed by atoms with Gasteiger partial charge in [-0.15, -0.1) is 0 Å². The highest BCUT2D eigenvalue weighted by molar-refractivity contribution is 5.37. The Hall–Kier alpha value is -2.77. The smallest absolute Gasteiger partial charge is 0.223 e. The van der Waals surface area contributed by atoms with Crippen LogP contribution in [-0.2, 0) is 13.1 Å². The predicted molar refractivity (Wildman–Crippen MR) is 100 cm³/mol. The number of para-hydroxylation sites is 1. The maximum Gasteiger partial charge on any atom is 0.223 e. The van der Waals surface area contributed by atoms with Crippen molar-refractivity contribution >= 4 is 0 Å². The van der Waals surface area contributed by atoms with Gasteiger partial charge in [0.1, 0.15) is 11.5 Å². The summed E-state index contributed by atoms with van der Waals surface area (Å²) in [5.41, 5.74) is 1.18. The number of nitrogens with zero attached hydrogens (tertiary/aromatic N) is 5. The van der Waals surface area contributed by atoms with E-state index < -0.39 is 0 Å². The number of hydrogen-bond donors (Lipinski definition) is 0. The number of pyridine rings is 1. The van der Waals surface area contributed by atoms with Gasteiger partial charge in [-0.05, 0) is 18.2 Å². The molecule has 7 heteroatoms. The predicted octanol–water partition coefficient (Wildman–Crippen LogP) is 2.88. The fourth-order valence-electron chi connectivity index (χ4n) is 3.22. The fourth-order valence-corrected chi connectivity index (χ4v) is 3.22. The minimum atomic E-state index is 0.619. The molecule has 0 bridgehead atoms. The van der Waals surface area contributed by atoms with Crippen LogP contribution in [0.1, 0.15) is 17.3 Å². The van der Waals surface area contributed by atoms with Gasteiger partial charge in [-0.2, -0.15) is 4.98 Å². The lowest BCUT2D eigenvalue weighted by Crippen LogP contribution is -2.45. The number of aromatic nitrogens is 3. The Morgan fingerprint density at radius 3 is 2.48 bits per heavy atom. The molecule has 0 N–H and O–H groups in total. The first-order valence-electron chi connectivity index (χ1n) is 9.16. The molecule has 0 unspecified atom stereocenters. The topological polar surface area (TPSA) is 67.5 Å². The molecule has 0 atom stereocenters. The van der Waals surface area contributed by atoms with Crippen LogP contribution in [0.5, 0.6) is 11.5 Å². The highest BCUT2D eigenvalue weighted by atomic mass is 16.5. The summed E-state index contributed by atoms with van der Waals surface area (Å²) in [4.78, 5) is 13.2. The largest absolute Gasteiger partial charge is 0.455 e. The lowest BCUT2D eigenvalue weighted by molar-refractivity contribution is 0.118. The van der Waals surface area contributed by atoms with Gasteiger partial charge in [0.2, 0.25) is 5.89 Å². The lowest BCUT2D eigenvalue weighted by Gasteiger charge is -2.34. The first-order valence-corrected chi connectivity index (χ1v) is 9.16. The molecule has 1 aliphatic rings. The lowest BCUT2D eigenvalue weighted by atomic mass is 10.1. The third-order valence-electron chi connectivity index (χ3n) is 4.63. The first-order chi connectivity index (χ1) is 13.3. The maximum absolute atomic E-state index is 6.03. The molecule has 1 saturated heterocycles. The molecule has 0 radical (unpaired) electrons. The minimum absolute atomic E-state index is 0.619. The van der Waals surface area contributed by atoms with Gasteiger partial charge in [0, 0.05) is 51.4 Å². The van der Waals surface area contributed by atoms with Gasteiger partial charge in [-0.3, -0.25) is 14.8 Å². The summed E-state index contributed by atoms with van der Waals surface area (Å²) in [6.07, 6.45) is 3.48. The molecule has 0 aliphatic carbocycles. The zero-order valence-electron chi connectivity index (χ0n) is 15.4. The number of benzene rings is 1. The molecule has 0 spiro atoms. The Labute approximate surface area is 158 Å². The molecule has 0 saturated carbocycles. The average molecular weight is 365 g/mol. The number of aryl methyl sites for hydroxylation is 1. The first kappa shape index (κ1) is 17.6. The van der Waals surface area contributed by atoms with Crippen molar-refractivity contribution in [3.8, 4) is 11.5 Å². The molecule has 1 aromatic carbocycles. The Kier molecular flexibility index (Phi) is 5.41. The molecule has 140 valence electrons. The van der Waals surface area contributed by atoms with Crippen LogP contribution in [0.25, 0.3) is 0 Å². The van der Waals surface area contributed by atoms with Crippen molar-refractivity contribution in [1.82, 2.24) is 24.9 Å². The number of hydrogen-bond acceptors (Lipinski definition) is 7. The second-order valence-electron chi connectivity index (χ2n) is 6.68. The third kappa shape index (κ3) is 4.69. The van der Waals surface area contributed by atoms with E-state index in [2.05, 4.69) is 37.1 Å². The van der Waals surface area contributed by atoms with Gasteiger partial charge in [0.15, 0.2) is 5.82 Å². The molecule has 1 aliphatic heterocycles. The molecular formula is C20H23N5O2. The van der Waals surface area contributed by atoms with Crippen molar-refractivity contribution in [3.63, 3.8) is 0 Å². The highest BCUT2D eigenvalue weighted by Crippen LogP contribution is 2.26. The van der Waals surface area contributed by atoms with E-state index in [-0.39, 0.29) is 0 Å². The van der Waals surface area contributed by atoms with Crippen LogP contribution in [0.4, 0.5) is 0 Å². The summed E-state index contributed by atoms with van der Waals surface area (Å²) in [5, 5.41) is 3.99. The van der Waals surface area contributed by atoms with Crippen LogP contribution in [0.3, 0.4) is 0 Å². The van der Waals surface area contributed by atoms with E-state index in [0.717, 1.165) is 56.6 Å². The summed E-state index contributed by atoms with van der Waals surface area (Å²) in [7, 11) is 0. The molecule has 27 heavy (non-hydrogen) atoms. The molecule has 3 heterocycles. The van der Waals surface area contributed by atoms with E-state index in [0.29, 0.717) is 5.89 Å². The van der Waals surface area contributed by atoms with Gasteiger partial charge in [-0.1, -0.05) is 23.4 Å². The van der Waals surface area contributed by atoms with Gasteiger partial charge >= 0.3 is 0 Å². The molecule has 4 rings (SSSR count). The Morgan fingerprint density at radius 1 is 1.00 bits per heavy atom. The van der Waals surface area contributed by atoms with Crippen LogP contribution in [0.15, 0.2) is 53.3 Å². The van der Waals surface area contributed by atoms with E-state index in [1.807, 2.05) is 31.2 Å². The SMILES string of the molecule is Cc1nc(CN2CCN(Cc3ccccc3Oc3cccnc3)CC2)no1. The number of ether oxygens (including phenoxy) is 1. The fraction of sp³-hybridized carbons (Fsp3) is 0.350. The van der Waals surface area contributed by atoms with Crippen LogP contribution in [0, 0.1) is 6.92 Å². The molecule has 0 amide bonds. The van der Waals surface area contributed by atoms with E-state index in [9.17, 15) is 0 Å². The second-order valence-corrected chi connectivity index (χ2v) is 6.68. The molecule has 2 aromatic heterocycles. The Morgan fingerprint density at radius 2 is 1.78 bits per heavy atom. The summed E-state index contributed by atoms with van der Waals surface area (Å²) >= 11 is 0. The number of rotatable bonds is 6.